The monoisotopic (exact) mass is 361 g/mol. The zero-order valence-electron chi connectivity index (χ0n) is 13.5. The van der Waals surface area contributed by atoms with Crippen LogP contribution in [0.3, 0.4) is 0 Å². The highest BCUT2D eigenvalue weighted by molar-refractivity contribution is 7.09. The standard InChI is InChI=1S/C16H15N3O5S/c1-9(15-17-11(8-25-15)16(21)24-2)18-13(7-14(18)20)10-5-3-4-6-12(10)19(22)23/h3-6,8-9,13H,7H2,1-2H3. The van der Waals surface area contributed by atoms with E-state index in [0.29, 0.717) is 10.6 Å². The average molecular weight is 361 g/mol. The first-order valence-corrected chi connectivity index (χ1v) is 8.40. The van der Waals surface area contributed by atoms with E-state index in [1.165, 1.54) is 24.5 Å². The first kappa shape index (κ1) is 17.0. The summed E-state index contributed by atoms with van der Waals surface area (Å²) < 4.78 is 4.63. The van der Waals surface area contributed by atoms with E-state index in [2.05, 4.69) is 9.72 Å². The van der Waals surface area contributed by atoms with Crippen molar-refractivity contribution in [3.63, 3.8) is 0 Å². The second kappa shape index (κ2) is 6.60. The van der Waals surface area contributed by atoms with Gasteiger partial charge in [0.1, 0.15) is 5.01 Å². The van der Waals surface area contributed by atoms with Crippen molar-refractivity contribution in [3.8, 4) is 0 Å². The van der Waals surface area contributed by atoms with Gasteiger partial charge in [-0.1, -0.05) is 18.2 Å². The van der Waals surface area contributed by atoms with Crippen LogP contribution in [0.1, 0.15) is 46.5 Å². The van der Waals surface area contributed by atoms with Gasteiger partial charge in [-0.3, -0.25) is 14.9 Å². The number of esters is 1. The summed E-state index contributed by atoms with van der Waals surface area (Å²) in [4.78, 5) is 40.3. The SMILES string of the molecule is COC(=O)c1csc(C(C)N2C(=O)CC2c2ccccc2[N+](=O)[O-])n1. The van der Waals surface area contributed by atoms with Crippen molar-refractivity contribution < 1.29 is 19.2 Å². The number of hydrogen-bond donors (Lipinski definition) is 0. The van der Waals surface area contributed by atoms with Crippen molar-refractivity contribution in [2.75, 3.05) is 7.11 Å². The molecule has 1 saturated heterocycles. The molecule has 2 heterocycles. The number of amides is 1. The average Bonchev–Trinajstić information content (AvgIpc) is 3.09. The van der Waals surface area contributed by atoms with E-state index in [-0.39, 0.29) is 29.8 Å². The maximum atomic E-state index is 12.1. The van der Waals surface area contributed by atoms with Crippen LogP contribution in [0.25, 0.3) is 0 Å². The Morgan fingerprint density at radius 1 is 1.48 bits per heavy atom. The minimum Gasteiger partial charge on any atom is -0.464 e. The Labute approximate surface area is 147 Å². The van der Waals surface area contributed by atoms with Crippen molar-refractivity contribution >= 4 is 28.9 Å². The molecule has 8 nitrogen and oxygen atoms in total. The lowest BCUT2D eigenvalue weighted by Crippen LogP contribution is -2.47. The van der Waals surface area contributed by atoms with Crippen LogP contribution < -0.4 is 0 Å². The van der Waals surface area contributed by atoms with Gasteiger partial charge >= 0.3 is 5.97 Å². The van der Waals surface area contributed by atoms with Crippen molar-refractivity contribution in [2.24, 2.45) is 0 Å². The van der Waals surface area contributed by atoms with Gasteiger partial charge in [0.25, 0.3) is 5.69 Å². The van der Waals surface area contributed by atoms with Crippen LogP contribution in [0, 0.1) is 10.1 Å². The Kier molecular flexibility index (Phi) is 4.49. The number of nitro benzene ring substituents is 1. The summed E-state index contributed by atoms with van der Waals surface area (Å²) in [5.41, 5.74) is 0.680. The third-order valence-corrected chi connectivity index (χ3v) is 5.19. The third kappa shape index (κ3) is 2.98. The predicted molar refractivity (Wildman–Crippen MR) is 89.2 cm³/mol. The van der Waals surface area contributed by atoms with E-state index in [1.54, 1.807) is 35.4 Å². The highest BCUT2D eigenvalue weighted by Crippen LogP contribution is 2.44. The highest BCUT2D eigenvalue weighted by atomic mass is 32.1. The Morgan fingerprint density at radius 2 is 2.20 bits per heavy atom. The van der Waals surface area contributed by atoms with Crippen molar-refractivity contribution in [1.82, 2.24) is 9.88 Å². The minimum absolute atomic E-state index is 0.00779. The fourth-order valence-electron chi connectivity index (χ4n) is 2.91. The summed E-state index contributed by atoms with van der Waals surface area (Å²) in [6, 6.07) is 5.63. The number of para-hydroxylation sites is 1. The third-order valence-electron chi connectivity index (χ3n) is 4.18. The number of aromatic nitrogens is 1. The zero-order chi connectivity index (χ0) is 18.1. The second-order valence-electron chi connectivity index (χ2n) is 5.58. The number of hydrogen-bond acceptors (Lipinski definition) is 7. The molecule has 0 N–H and O–H groups in total. The molecular weight excluding hydrogens is 346 g/mol. The van der Waals surface area contributed by atoms with Gasteiger partial charge in [0, 0.05) is 11.4 Å². The first-order chi connectivity index (χ1) is 11.9. The van der Waals surface area contributed by atoms with Crippen molar-refractivity contribution in [1.29, 1.82) is 0 Å². The van der Waals surface area contributed by atoms with Gasteiger partial charge < -0.3 is 9.64 Å². The van der Waals surface area contributed by atoms with Crippen LogP contribution in [0.2, 0.25) is 0 Å². The number of benzene rings is 1. The van der Waals surface area contributed by atoms with Gasteiger partial charge in [-0.05, 0) is 6.92 Å². The first-order valence-electron chi connectivity index (χ1n) is 7.52. The molecule has 0 radical (unpaired) electrons. The molecule has 1 aliphatic heterocycles. The molecule has 25 heavy (non-hydrogen) atoms. The molecule has 0 aliphatic carbocycles. The highest BCUT2D eigenvalue weighted by Gasteiger charge is 2.44. The fraction of sp³-hybridized carbons (Fsp3) is 0.312. The predicted octanol–water partition coefficient (Wildman–Crippen LogP) is 2.87. The number of carbonyl (C=O) groups is 2. The molecule has 3 rings (SSSR count). The van der Waals surface area contributed by atoms with E-state index in [0.717, 1.165) is 0 Å². The number of carbonyl (C=O) groups excluding carboxylic acids is 2. The number of nitrogens with zero attached hydrogens (tertiary/aromatic N) is 3. The van der Waals surface area contributed by atoms with Gasteiger partial charge in [-0.2, -0.15) is 0 Å². The normalized spacial score (nSPS) is 17.8. The molecule has 1 fully saturated rings. The number of methoxy groups -OCH3 is 1. The largest absolute Gasteiger partial charge is 0.464 e. The topological polar surface area (TPSA) is 103 Å². The summed E-state index contributed by atoms with van der Waals surface area (Å²) >= 11 is 1.25. The lowest BCUT2D eigenvalue weighted by molar-refractivity contribution is -0.386. The van der Waals surface area contributed by atoms with Crippen molar-refractivity contribution in [2.45, 2.75) is 25.4 Å². The van der Waals surface area contributed by atoms with Gasteiger partial charge in [-0.25, -0.2) is 9.78 Å². The van der Waals surface area contributed by atoms with Crippen LogP contribution in [0.15, 0.2) is 29.6 Å². The summed E-state index contributed by atoms with van der Waals surface area (Å²) in [5.74, 6) is -0.648. The number of rotatable bonds is 5. The van der Waals surface area contributed by atoms with Crippen LogP contribution in [0.5, 0.6) is 0 Å². The van der Waals surface area contributed by atoms with Gasteiger partial charge in [0.15, 0.2) is 5.69 Å². The Balaban J connectivity index is 1.88. The maximum Gasteiger partial charge on any atom is 0.357 e. The molecular formula is C16H15N3O5S. The lowest BCUT2D eigenvalue weighted by Gasteiger charge is -2.43. The van der Waals surface area contributed by atoms with Crippen LogP contribution in [-0.2, 0) is 9.53 Å². The molecule has 1 aromatic heterocycles. The minimum atomic E-state index is -0.542. The van der Waals surface area contributed by atoms with Crippen LogP contribution in [0.4, 0.5) is 5.69 Å². The second-order valence-corrected chi connectivity index (χ2v) is 6.47. The Hall–Kier alpha value is -2.81. The number of nitro groups is 1. The van der Waals surface area contributed by atoms with E-state index < -0.39 is 16.9 Å². The molecule has 2 aromatic rings. The fourth-order valence-corrected chi connectivity index (χ4v) is 3.75. The zero-order valence-corrected chi connectivity index (χ0v) is 14.4. The summed E-state index contributed by atoms with van der Waals surface area (Å²) in [7, 11) is 1.27. The quantitative estimate of drug-likeness (QED) is 0.351. The molecule has 130 valence electrons. The van der Waals surface area contributed by atoms with Crippen LogP contribution in [-0.4, -0.2) is 33.8 Å². The molecule has 9 heteroatoms. The number of β-lactam (4-membered cyclic amide) rings is 1. The van der Waals surface area contributed by atoms with E-state index >= 15 is 0 Å². The van der Waals surface area contributed by atoms with Gasteiger partial charge in [0.05, 0.1) is 36.1 Å². The molecule has 1 aromatic carbocycles. The van der Waals surface area contributed by atoms with E-state index in [1.807, 2.05) is 0 Å². The molecule has 0 bridgehead atoms. The van der Waals surface area contributed by atoms with Crippen molar-refractivity contribution in [3.05, 3.63) is 56.0 Å². The number of likely N-dealkylation sites (tertiary alicyclic amines) is 1. The molecule has 0 spiro atoms. The molecule has 2 unspecified atom stereocenters. The summed E-state index contributed by atoms with van der Waals surface area (Å²) in [6.45, 7) is 1.79. The Bertz CT molecular complexity index is 850. The van der Waals surface area contributed by atoms with Gasteiger partial charge in [0.2, 0.25) is 5.91 Å². The molecule has 1 amide bonds. The van der Waals surface area contributed by atoms with E-state index in [4.69, 9.17) is 0 Å². The Morgan fingerprint density at radius 3 is 2.84 bits per heavy atom. The van der Waals surface area contributed by atoms with Gasteiger partial charge in [-0.15, -0.1) is 11.3 Å². The molecule has 1 aliphatic rings. The number of thiazole rings is 1. The summed E-state index contributed by atoms with van der Waals surface area (Å²) in [6.07, 6.45) is 0.213. The molecule has 2 atom stereocenters. The maximum absolute atomic E-state index is 12.1. The smallest absolute Gasteiger partial charge is 0.357 e. The number of ether oxygens (including phenoxy) is 1. The lowest BCUT2D eigenvalue weighted by atomic mass is 9.91. The molecule has 0 saturated carbocycles. The van der Waals surface area contributed by atoms with Crippen LogP contribution >= 0.6 is 11.3 Å². The summed E-state index contributed by atoms with van der Waals surface area (Å²) in [5, 5.41) is 13.4. The van der Waals surface area contributed by atoms with E-state index in [9.17, 15) is 19.7 Å².